The standard InChI is InChI=1S/C14H19NO5/c1-3-11(20-10-7-5-4-6-8-10)13(17)15-12(9(2)16)14(18)19/h4-9,11-12,16H,3H2,1-2H3,(H,15,17)(H,18,19). The SMILES string of the molecule is CCC(Oc1ccccc1)C(=O)NC(C(=O)O)C(C)O. The molecule has 0 saturated carbocycles. The molecule has 0 spiro atoms. The number of ether oxygens (including phenoxy) is 1. The summed E-state index contributed by atoms with van der Waals surface area (Å²) >= 11 is 0. The van der Waals surface area contributed by atoms with Gasteiger partial charge < -0.3 is 20.3 Å². The lowest BCUT2D eigenvalue weighted by molar-refractivity contribution is -0.146. The summed E-state index contributed by atoms with van der Waals surface area (Å²) in [5.41, 5.74) is 0. The Hall–Kier alpha value is -2.08. The first-order valence-electron chi connectivity index (χ1n) is 6.38. The minimum Gasteiger partial charge on any atom is -0.481 e. The van der Waals surface area contributed by atoms with Crippen molar-refractivity contribution in [2.24, 2.45) is 0 Å². The number of carbonyl (C=O) groups excluding carboxylic acids is 1. The van der Waals surface area contributed by atoms with Crippen LogP contribution in [0.5, 0.6) is 5.75 Å². The van der Waals surface area contributed by atoms with E-state index in [1.54, 1.807) is 31.2 Å². The highest BCUT2D eigenvalue weighted by molar-refractivity contribution is 5.86. The molecule has 0 aliphatic rings. The Labute approximate surface area is 117 Å². The zero-order chi connectivity index (χ0) is 15.1. The number of para-hydroxylation sites is 1. The van der Waals surface area contributed by atoms with Gasteiger partial charge in [-0.05, 0) is 25.5 Å². The van der Waals surface area contributed by atoms with Crippen molar-refractivity contribution in [3.63, 3.8) is 0 Å². The molecule has 110 valence electrons. The Morgan fingerprint density at radius 1 is 1.30 bits per heavy atom. The van der Waals surface area contributed by atoms with Crippen LogP contribution in [0.3, 0.4) is 0 Å². The average molecular weight is 281 g/mol. The first kappa shape index (κ1) is 16.0. The van der Waals surface area contributed by atoms with Gasteiger partial charge >= 0.3 is 5.97 Å². The molecule has 0 saturated heterocycles. The topological polar surface area (TPSA) is 95.9 Å². The van der Waals surface area contributed by atoms with Gasteiger partial charge in [0.2, 0.25) is 0 Å². The zero-order valence-electron chi connectivity index (χ0n) is 11.4. The van der Waals surface area contributed by atoms with E-state index in [9.17, 15) is 14.7 Å². The van der Waals surface area contributed by atoms with Crippen molar-refractivity contribution in [3.05, 3.63) is 30.3 Å². The Balaban J connectivity index is 2.69. The van der Waals surface area contributed by atoms with Crippen LogP contribution in [0.4, 0.5) is 0 Å². The number of amides is 1. The number of rotatable bonds is 7. The zero-order valence-corrected chi connectivity index (χ0v) is 11.4. The highest BCUT2D eigenvalue weighted by Gasteiger charge is 2.28. The van der Waals surface area contributed by atoms with E-state index in [1.807, 2.05) is 6.07 Å². The fraction of sp³-hybridized carbons (Fsp3) is 0.429. The minimum absolute atomic E-state index is 0.382. The Morgan fingerprint density at radius 2 is 1.90 bits per heavy atom. The normalized spacial score (nSPS) is 14.9. The second-order valence-electron chi connectivity index (χ2n) is 4.39. The molecular formula is C14H19NO5. The fourth-order valence-corrected chi connectivity index (χ4v) is 1.62. The summed E-state index contributed by atoms with van der Waals surface area (Å²) in [7, 11) is 0. The number of nitrogens with one attached hydrogen (secondary N) is 1. The molecule has 0 heterocycles. The van der Waals surface area contributed by atoms with Crippen molar-refractivity contribution in [2.75, 3.05) is 0 Å². The summed E-state index contributed by atoms with van der Waals surface area (Å²) < 4.78 is 5.50. The van der Waals surface area contributed by atoms with Crippen LogP contribution in [-0.2, 0) is 9.59 Å². The van der Waals surface area contributed by atoms with Gasteiger partial charge in [0.05, 0.1) is 6.10 Å². The van der Waals surface area contributed by atoms with E-state index in [0.717, 1.165) is 0 Å². The summed E-state index contributed by atoms with van der Waals surface area (Å²) in [4.78, 5) is 22.9. The van der Waals surface area contributed by atoms with Gasteiger partial charge in [-0.1, -0.05) is 25.1 Å². The van der Waals surface area contributed by atoms with Gasteiger partial charge in [0.1, 0.15) is 5.75 Å². The largest absolute Gasteiger partial charge is 0.481 e. The maximum absolute atomic E-state index is 12.0. The quantitative estimate of drug-likeness (QED) is 0.687. The third-order valence-corrected chi connectivity index (χ3v) is 2.73. The first-order chi connectivity index (χ1) is 9.45. The number of aliphatic carboxylic acids is 1. The third-order valence-electron chi connectivity index (χ3n) is 2.73. The van der Waals surface area contributed by atoms with E-state index < -0.39 is 30.1 Å². The second-order valence-corrected chi connectivity index (χ2v) is 4.39. The maximum atomic E-state index is 12.0. The molecule has 3 atom stereocenters. The number of carboxylic acid groups (broad SMARTS) is 1. The van der Waals surface area contributed by atoms with Crippen molar-refractivity contribution in [3.8, 4) is 5.75 Å². The number of benzene rings is 1. The van der Waals surface area contributed by atoms with Crippen molar-refractivity contribution < 1.29 is 24.5 Å². The average Bonchev–Trinajstić information content (AvgIpc) is 2.42. The van der Waals surface area contributed by atoms with Gasteiger partial charge in [0.15, 0.2) is 12.1 Å². The first-order valence-corrected chi connectivity index (χ1v) is 6.38. The molecule has 1 rings (SSSR count). The predicted octanol–water partition coefficient (Wildman–Crippen LogP) is 0.794. The number of aliphatic hydroxyl groups excluding tert-OH is 1. The van der Waals surface area contributed by atoms with E-state index >= 15 is 0 Å². The van der Waals surface area contributed by atoms with Gasteiger partial charge in [-0.25, -0.2) is 4.79 Å². The molecule has 0 aromatic heterocycles. The van der Waals surface area contributed by atoms with Crippen molar-refractivity contribution in [1.82, 2.24) is 5.32 Å². The lowest BCUT2D eigenvalue weighted by Crippen LogP contribution is -2.51. The van der Waals surface area contributed by atoms with Crippen LogP contribution in [-0.4, -0.2) is 40.3 Å². The summed E-state index contributed by atoms with van der Waals surface area (Å²) in [5, 5.41) is 20.5. The molecule has 1 aromatic rings. The summed E-state index contributed by atoms with van der Waals surface area (Å²) in [5.74, 6) is -1.33. The number of hydrogen-bond donors (Lipinski definition) is 3. The van der Waals surface area contributed by atoms with Crippen LogP contribution in [0.1, 0.15) is 20.3 Å². The Bertz CT molecular complexity index is 446. The molecule has 20 heavy (non-hydrogen) atoms. The number of hydrogen-bond acceptors (Lipinski definition) is 4. The fourth-order valence-electron chi connectivity index (χ4n) is 1.62. The molecule has 6 heteroatoms. The molecule has 0 radical (unpaired) electrons. The third kappa shape index (κ3) is 4.55. The Morgan fingerprint density at radius 3 is 2.35 bits per heavy atom. The molecule has 0 aliphatic carbocycles. The van der Waals surface area contributed by atoms with Gasteiger partial charge in [0, 0.05) is 0 Å². The predicted molar refractivity (Wildman–Crippen MR) is 72.4 cm³/mol. The van der Waals surface area contributed by atoms with Crippen LogP contribution in [0, 0.1) is 0 Å². The minimum atomic E-state index is -1.35. The van der Waals surface area contributed by atoms with Crippen molar-refractivity contribution in [1.29, 1.82) is 0 Å². The molecule has 1 amide bonds. The molecule has 0 bridgehead atoms. The molecular weight excluding hydrogens is 262 g/mol. The van der Waals surface area contributed by atoms with Crippen LogP contribution >= 0.6 is 0 Å². The molecule has 0 aliphatic heterocycles. The molecule has 0 fully saturated rings. The molecule has 6 nitrogen and oxygen atoms in total. The molecule has 3 N–H and O–H groups in total. The highest BCUT2D eigenvalue weighted by Crippen LogP contribution is 2.12. The summed E-state index contributed by atoms with van der Waals surface area (Å²) in [6, 6.07) is 7.43. The lowest BCUT2D eigenvalue weighted by Gasteiger charge is -2.21. The number of carboxylic acids is 1. The van der Waals surface area contributed by atoms with E-state index in [4.69, 9.17) is 9.84 Å². The van der Waals surface area contributed by atoms with Crippen LogP contribution in [0.25, 0.3) is 0 Å². The number of carbonyl (C=O) groups is 2. The van der Waals surface area contributed by atoms with Crippen LogP contribution in [0.2, 0.25) is 0 Å². The van der Waals surface area contributed by atoms with E-state index in [2.05, 4.69) is 5.32 Å². The molecule has 1 aromatic carbocycles. The highest BCUT2D eigenvalue weighted by atomic mass is 16.5. The van der Waals surface area contributed by atoms with Gasteiger partial charge in [0.25, 0.3) is 5.91 Å². The van der Waals surface area contributed by atoms with Crippen molar-refractivity contribution in [2.45, 2.75) is 38.5 Å². The maximum Gasteiger partial charge on any atom is 0.328 e. The van der Waals surface area contributed by atoms with Gasteiger partial charge in [-0.15, -0.1) is 0 Å². The molecule has 3 unspecified atom stereocenters. The summed E-state index contributed by atoms with van der Waals surface area (Å²) in [6.45, 7) is 3.06. The Kier molecular flexibility index (Phi) is 5.99. The van der Waals surface area contributed by atoms with E-state index in [0.29, 0.717) is 12.2 Å². The lowest BCUT2D eigenvalue weighted by atomic mass is 10.1. The smallest absolute Gasteiger partial charge is 0.328 e. The van der Waals surface area contributed by atoms with Crippen molar-refractivity contribution >= 4 is 11.9 Å². The van der Waals surface area contributed by atoms with Gasteiger partial charge in [-0.3, -0.25) is 4.79 Å². The van der Waals surface area contributed by atoms with Gasteiger partial charge in [-0.2, -0.15) is 0 Å². The number of aliphatic hydroxyl groups is 1. The van der Waals surface area contributed by atoms with E-state index in [-0.39, 0.29) is 0 Å². The summed E-state index contributed by atoms with van der Waals surface area (Å²) in [6.07, 6.45) is -1.61. The second kappa shape index (κ2) is 7.49. The van der Waals surface area contributed by atoms with Crippen LogP contribution in [0.15, 0.2) is 30.3 Å². The monoisotopic (exact) mass is 281 g/mol. The van der Waals surface area contributed by atoms with E-state index in [1.165, 1.54) is 6.92 Å². The van der Waals surface area contributed by atoms with Crippen LogP contribution < -0.4 is 10.1 Å².